The Morgan fingerprint density at radius 3 is 2.10 bits per heavy atom. The molecule has 0 atom stereocenters. The predicted octanol–water partition coefficient (Wildman–Crippen LogP) is 1.58. The lowest BCUT2D eigenvalue weighted by molar-refractivity contribution is 0.884. The first-order valence-electron chi connectivity index (χ1n) is 3.48. The summed E-state index contributed by atoms with van der Waals surface area (Å²) in [5.74, 6) is 0.462. The molecule has 0 radical (unpaired) electrons. The summed E-state index contributed by atoms with van der Waals surface area (Å²) in [6.07, 6.45) is 1.91. The molecule has 2 heteroatoms. The van der Waals surface area contributed by atoms with Crippen LogP contribution >= 0.6 is 0 Å². The lowest BCUT2D eigenvalue weighted by Crippen LogP contribution is -2.06. The summed E-state index contributed by atoms with van der Waals surface area (Å²) in [4.78, 5) is 4.09. The van der Waals surface area contributed by atoms with Gasteiger partial charge in [-0.05, 0) is 18.9 Å². The first-order chi connectivity index (χ1) is 4.57. The van der Waals surface area contributed by atoms with Gasteiger partial charge in [0.15, 0.2) is 0 Å². The molecule has 10 heavy (non-hydrogen) atoms. The molecular weight excluding hydrogens is 124 g/mol. The van der Waals surface area contributed by atoms with Gasteiger partial charge in [-0.25, -0.2) is 0 Å². The molecule has 0 amide bonds. The molecule has 0 bridgehead atoms. The minimum atomic E-state index is 0.462. The molecule has 0 aliphatic carbocycles. The van der Waals surface area contributed by atoms with Crippen LogP contribution in [0.3, 0.4) is 0 Å². The fourth-order valence-corrected chi connectivity index (χ4v) is 0.723. The molecular formula is C8H16N2. The number of nitrogens with two attached hydrogens (primary N) is 1. The molecule has 0 fully saturated rings. The molecule has 0 unspecified atom stereocenters. The third kappa shape index (κ3) is 3.28. The Morgan fingerprint density at radius 2 is 2.00 bits per heavy atom. The molecule has 58 valence electrons. The summed E-state index contributed by atoms with van der Waals surface area (Å²) in [6, 6.07) is 0. The molecule has 0 saturated heterocycles. The normalized spacial score (nSPS) is 14.5. The van der Waals surface area contributed by atoms with E-state index >= 15 is 0 Å². The number of nitrogens with zero attached hydrogens (tertiary/aromatic N) is 1. The Bertz CT molecular complexity index is 151. The molecule has 2 N–H and O–H groups in total. The Labute approximate surface area is 62.8 Å². The maximum atomic E-state index is 5.49. The van der Waals surface area contributed by atoms with Gasteiger partial charge in [0.25, 0.3) is 0 Å². The molecule has 2 nitrogen and oxygen atoms in total. The second kappa shape index (κ2) is 4.09. The summed E-state index contributed by atoms with van der Waals surface area (Å²) in [5, 5.41) is 0. The minimum Gasteiger partial charge on any atom is -0.402 e. The summed E-state index contributed by atoms with van der Waals surface area (Å²) in [5.41, 5.74) is 7.36. The van der Waals surface area contributed by atoms with Crippen molar-refractivity contribution in [2.45, 2.75) is 20.8 Å². The molecule has 0 saturated carbocycles. The number of hydrogen-bond donors (Lipinski definition) is 1. The molecule has 0 aromatic carbocycles. The Kier molecular flexibility index (Phi) is 3.77. The number of hydrogen-bond acceptors (Lipinski definition) is 2. The van der Waals surface area contributed by atoms with Crippen molar-refractivity contribution in [3.63, 3.8) is 0 Å². The first-order valence-corrected chi connectivity index (χ1v) is 3.48. The Hall–Kier alpha value is -0.790. The smallest absolute Gasteiger partial charge is 0.0387 e. The van der Waals surface area contributed by atoms with Gasteiger partial charge in [0, 0.05) is 18.5 Å². The van der Waals surface area contributed by atoms with Crippen LogP contribution in [0.15, 0.2) is 16.8 Å². The van der Waals surface area contributed by atoms with E-state index in [1.807, 2.05) is 13.0 Å². The van der Waals surface area contributed by atoms with E-state index in [4.69, 9.17) is 5.73 Å². The van der Waals surface area contributed by atoms with Crippen molar-refractivity contribution < 1.29 is 0 Å². The lowest BCUT2D eigenvalue weighted by atomic mass is 10.1. The van der Waals surface area contributed by atoms with Gasteiger partial charge >= 0.3 is 0 Å². The fourth-order valence-electron chi connectivity index (χ4n) is 0.723. The van der Waals surface area contributed by atoms with Crippen molar-refractivity contribution in [3.05, 3.63) is 11.8 Å². The van der Waals surface area contributed by atoms with Crippen LogP contribution in [0.2, 0.25) is 0 Å². The highest BCUT2D eigenvalue weighted by Crippen LogP contribution is 1.99. The van der Waals surface area contributed by atoms with E-state index in [1.54, 1.807) is 7.05 Å². The molecule has 0 aliphatic rings. The molecule has 0 aromatic rings. The van der Waals surface area contributed by atoms with E-state index in [0.717, 1.165) is 11.4 Å². The molecule has 0 aromatic heterocycles. The van der Waals surface area contributed by atoms with Crippen molar-refractivity contribution in [3.8, 4) is 0 Å². The SMILES string of the molecule is CN=C(C=C(C)N)C(C)C. The van der Waals surface area contributed by atoms with Crippen molar-refractivity contribution in [1.29, 1.82) is 0 Å². The van der Waals surface area contributed by atoms with E-state index in [9.17, 15) is 0 Å². The van der Waals surface area contributed by atoms with E-state index in [1.165, 1.54) is 0 Å². The zero-order chi connectivity index (χ0) is 8.15. The van der Waals surface area contributed by atoms with E-state index in [-0.39, 0.29) is 0 Å². The van der Waals surface area contributed by atoms with Gasteiger partial charge in [-0.3, -0.25) is 4.99 Å². The van der Waals surface area contributed by atoms with Crippen molar-refractivity contribution in [1.82, 2.24) is 0 Å². The Balaban J connectivity index is 4.26. The van der Waals surface area contributed by atoms with Crippen LogP contribution < -0.4 is 5.73 Å². The van der Waals surface area contributed by atoms with Crippen LogP contribution in [0.4, 0.5) is 0 Å². The highest BCUT2D eigenvalue weighted by atomic mass is 14.7. The van der Waals surface area contributed by atoms with Crippen LogP contribution in [0.1, 0.15) is 20.8 Å². The maximum Gasteiger partial charge on any atom is 0.0387 e. The van der Waals surface area contributed by atoms with Gasteiger partial charge in [0.05, 0.1) is 0 Å². The van der Waals surface area contributed by atoms with Gasteiger partial charge in [-0.15, -0.1) is 0 Å². The molecule has 0 rings (SSSR count). The fraction of sp³-hybridized carbons (Fsp3) is 0.625. The van der Waals surface area contributed by atoms with Crippen molar-refractivity contribution in [2.75, 3.05) is 7.05 Å². The monoisotopic (exact) mass is 140 g/mol. The standard InChI is InChI=1S/C8H16N2/c1-6(2)8(10-4)5-7(3)9/h5-6H,9H2,1-4H3. The topological polar surface area (TPSA) is 38.4 Å². The zero-order valence-corrected chi connectivity index (χ0v) is 7.18. The second-order valence-electron chi connectivity index (χ2n) is 2.69. The summed E-state index contributed by atoms with van der Waals surface area (Å²) in [7, 11) is 1.79. The van der Waals surface area contributed by atoms with E-state index < -0.39 is 0 Å². The zero-order valence-electron chi connectivity index (χ0n) is 7.18. The molecule has 0 spiro atoms. The second-order valence-corrected chi connectivity index (χ2v) is 2.69. The van der Waals surface area contributed by atoms with E-state index in [0.29, 0.717) is 5.92 Å². The average Bonchev–Trinajstić information content (AvgIpc) is 1.81. The third-order valence-corrected chi connectivity index (χ3v) is 1.23. The van der Waals surface area contributed by atoms with Crippen LogP contribution in [0.5, 0.6) is 0 Å². The van der Waals surface area contributed by atoms with Crippen LogP contribution in [-0.2, 0) is 0 Å². The Morgan fingerprint density at radius 1 is 1.50 bits per heavy atom. The summed E-state index contributed by atoms with van der Waals surface area (Å²) < 4.78 is 0. The van der Waals surface area contributed by atoms with Gasteiger partial charge in [-0.2, -0.15) is 0 Å². The number of rotatable bonds is 2. The lowest BCUT2D eigenvalue weighted by Gasteiger charge is -2.03. The molecule has 0 heterocycles. The highest BCUT2D eigenvalue weighted by Gasteiger charge is 1.98. The maximum absolute atomic E-state index is 5.49. The van der Waals surface area contributed by atoms with Gasteiger partial charge in [0.1, 0.15) is 0 Å². The first kappa shape index (κ1) is 9.21. The van der Waals surface area contributed by atoms with E-state index in [2.05, 4.69) is 18.8 Å². The minimum absolute atomic E-state index is 0.462. The third-order valence-electron chi connectivity index (χ3n) is 1.23. The largest absolute Gasteiger partial charge is 0.402 e. The van der Waals surface area contributed by atoms with Gasteiger partial charge in [-0.1, -0.05) is 13.8 Å². The quantitative estimate of drug-likeness (QED) is 0.581. The van der Waals surface area contributed by atoms with Gasteiger partial charge in [0.2, 0.25) is 0 Å². The van der Waals surface area contributed by atoms with Crippen LogP contribution in [-0.4, -0.2) is 12.8 Å². The summed E-state index contributed by atoms with van der Waals surface area (Å²) >= 11 is 0. The number of aliphatic imine (C=N–C) groups is 1. The summed E-state index contributed by atoms with van der Waals surface area (Å²) in [6.45, 7) is 6.07. The van der Waals surface area contributed by atoms with Crippen LogP contribution in [0, 0.1) is 5.92 Å². The van der Waals surface area contributed by atoms with Gasteiger partial charge < -0.3 is 5.73 Å². The highest BCUT2D eigenvalue weighted by molar-refractivity contribution is 5.96. The number of allylic oxidation sites excluding steroid dienone is 2. The van der Waals surface area contributed by atoms with Crippen molar-refractivity contribution in [2.24, 2.45) is 16.6 Å². The predicted molar refractivity (Wildman–Crippen MR) is 46.1 cm³/mol. The average molecular weight is 140 g/mol. The molecule has 0 aliphatic heterocycles. The van der Waals surface area contributed by atoms with Crippen LogP contribution in [0.25, 0.3) is 0 Å². The van der Waals surface area contributed by atoms with Crippen molar-refractivity contribution >= 4 is 5.71 Å².